The molecule has 5 heteroatoms. The van der Waals surface area contributed by atoms with Gasteiger partial charge in [0.15, 0.2) is 0 Å². The molecular formula is C13H19BrClFN2. The third-order valence-corrected chi connectivity index (χ3v) is 4.03. The molecule has 2 nitrogen and oxygen atoms in total. The van der Waals surface area contributed by atoms with Crippen molar-refractivity contribution in [2.75, 3.05) is 13.6 Å². The van der Waals surface area contributed by atoms with Gasteiger partial charge in [0.05, 0.1) is 4.47 Å². The van der Waals surface area contributed by atoms with Crippen LogP contribution in [0.4, 0.5) is 4.39 Å². The molecule has 18 heavy (non-hydrogen) atoms. The molecule has 1 aromatic carbocycles. The number of nitrogens with zero attached hydrogens (tertiary/aromatic N) is 1. The average Bonchev–Trinajstić information content (AvgIpc) is 3.09. The lowest BCUT2D eigenvalue weighted by Gasteiger charge is -2.27. The van der Waals surface area contributed by atoms with Gasteiger partial charge in [-0.05, 0) is 59.4 Å². The van der Waals surface area contributed by atoms with E-state index in [1.54, 1.807) is 12.1 Å². The van der Waals surface area contributed by atoms with E-state index in [0.717, 1.165) is 18.0 Å². The zero-order chi connectivity index (χ0) is 12.4. The Morgan fingerprint density at radius 1 is 1.50 bits per heavy atom. The Hall–Kier alpha value is -0.160. The van der Waals surface area contributed by atoms with Gasteiger partial charge in [0.2, 0.25) is 0 Å². The second-order valence-corrected chi connectivity index (χ2v) is 5.66. The minimum absolute atomic E-state index is 0. The Morgan fingerprint density at radius 2 is 2.17 bits per heavy atom. The van der Waals surface area contributed by atoms with Gasteiger partial charge in [0.1, 0.15) is 5.82 Å². The predicted molar refractivity (Wildman–Crippen MR) is 78.4 cm³/mol. The molecule has 1 aromatic rings. The van der Waals surface area contributed by atoms with Crippen LogP contribution >= 0.6 is 28.3 Å². The number of halogens is 3. The first-order valence-electron chi connectivity index (χ1n) is 5.96. The summed E-state index contributed by atoms with van der Waals surface area (Å²) in [6.07, 6.45) is 2.56. The van der Waals surface area contributed by atoms with Crippen LogP contribution in [-0.4, -0.2) is 24.5 Å². The van der Waals surface area contributed by atoms with Gasteiger partial charge in [0, 0.05) is 19.1 Å². The average molecular weight is 338 g/mol. The molecule has 0 aromatic heterocycles. The lowest BCUT2D eigenvalue weighted by atomic mass is 10.1. The standard InChI is InChI=1S/C13H18BrFN2.ClH/c1-17(13(7-16)10-3-4-10)8-9-2-5-11(14)12(15)6-9;/h2,5-6,10,13H,3-4,7-8,16H2,1H3;1H. The lowest BCUT2D eigenvalue weighted by molar-refractivity contribution is 0.215. The molecule has 1 aliphatic carbocycles. The maximum Gasteiger partial charge on any atom is 0.137 e. The molecular weight excluding hydrogens is 319 g/mol. The molecule has 1 unspecified atom stereocenters. The molecule has 0 saturated heterocycles. The second-order valence-electron chi connectivity index (χ2n) is 4.80. The van der Waals surface area contributed by atoms with Crippen molar-refractivity contribution in [2.24, 2.45) is 11.7 Å². The predicted octanol–water partition coefficient (Wildman–Crippen LogP) is 3.18. The minimum atomic E-state index is -0.202. The van der Waals surface area contributed by atoms with Gasteiger partial charge in [-0.25, -0.2) is 4.39 Å². The fourth-order valence-corrected chi connectivity index (χ4v) is 2.50. The summed E-state index contributed by atoms with van der Waals surface area (Å²) >= 11 is 3.16. The molecule has 0 amide bonds. The Kier molecular flexibility index (Phi) is 6.05. The molecule has 0 bridgehead atoms. The highest BCUT2D eigenvalue weighted by Crippen LogP contribution is 2.35. The van der Waals surface area contributed by atoms with Gasteiger partial charge < -0.3 is 5.73 Å². The van der Waals surface area contributed by atoms with E-state index < -0.39 is 0 Å². The van der Waals surface area contributed by atoms with Crippen LogP contribution in [0.3, 0.4) is 0 Å². The largest absolute Gasteiger partial charge is 0.329 e. The van der Waals surface area contributed by atoms with E-state index in [4.69, 9.17) is 5.73 Å². The summed E-state index contributed by atoms with van der Waals surface area (Å²) in [7, 11) is 2.07. The van der Waals surface area contributed by atoms with Crippen LogP contribution in [0.25, 0.3) is 0 Å². The monoisotopic (exact) mass is 336 g/mol. The van der Waals surface area contributed by atoms with Crippen LogP contribution in [0.1, 0.15) is 18.4 Å². The van der Waals surface area contributed by atoms with Gasteiger partial charge >= 0.3 is 0 Å². The quantitative estimate of drug-likeness (QED) is 0.894. The third-order valence-electron chi connectivity index (χ3n) is 3.39. The van der Waals surface area contributed by atoms with Gasteiger partial charge in [-0.15, -0.1) is 12.4 Å². The van der Waals surface area contributed by atoms with Crippen molar-refractivity contribution in [2.45, 2.75) is 25.4 Å². The summed E-state index contributed by atoms with van der Waals surface area (Å²) in [6, 6.07) is 5.72. The highest BCUT2D eigenvalue weighted by molar-refractivity contribution is 9.10. The number of likely N-dealkylation sites (N-methyl/N-ethyl adjacent to an activating group) is 1. The van der Waals surface area contributed by atoms with E-state index in [9.17, 15) is 4.39 Å². The van der Waals surface area contributed by atoms with Crippen LogP contribution in [0.15, 0.2) is 22.7 Å². The minimum Gasteiger partial charge on any atom is -0.329 e. The van der Waals surface area contributed by atoms with Crippen molar-refractivity contribution < 1.29 is 4.39 Å². The maximum absolute atomic E-state index is 13.4. The summed E-state index contributed by atoms with van der Waals surface area (Å²) in [6.45, 7) is 1.43. The molecule has 1 saturated carbocycles. The van der Waals surface area contributed by atoms with Crippen LogP contribution in [0, 0.1) is 11.7 Å². The van der Waals surface area contributed by atoms with Gasteiger partial charge in [-0.1, -0.05) is 6.07 Å². The molecule has 0 radical (unpaired) electrons. The van der Waals surface area contributed by atoms with E-state index >= 15 is 0 Å². The van der Waals surface area contributed by atoms with Gasteiger partial charge in [-0.3, -0.25) is 4.90 Å². The SMILES string of the molecule is CN(Cc1ccc(Br)c(F)c1)C(CN)C1CC1.Cl. The summed E-state index contributed by atoms with van der Waals surface area (Å²) in [5.74, 6) is 0.539. The molecule has 1 atom stereocenters. The Morgan fingerprint density at radius 3 is 2.67 bits per heavy atom. The van der Waals surface area contributed by atoms with E-state index in [1.165, 1.54) is 12.8 Å². The fourth-order valence-electron chi connectivity index (χ4n) is 2.26. The van der Waals surface area contributed by atoms with Crippen molar-refractivity contribution in [1.29, 1.82) is 0 Å². The van der Waals surface area contributed by atoms with Crippen molar-refractivity contribution in [3.63, 3.8) is 0 Å². The van der Waals surface area contributed by atoms with E-state index in [-0.39, 0.29) is 18.2 Å². The van der Waals surface area contributed by atoms with Crippen LogP contribution in [0.5, 0.6) is 0 Å². The Bertz CT molecular complexity index is 399. The first-order valence-corrected chi connectivity index (χ1v) is 6.75. The van der Waals surface area contributed by atoms with Crippen molar-refractivity contribution in [3.8, 4) is 0 Å². The topological polar surface area (TPSA) is 29.3 Å². The Balaban J connectivity index is 0.00000162. The fraction of sp³-hybridized carbons (Fsp3) is 0.538. The molecule has 102 valence electrons. The highest BCUT2D eigenvalue weighted by Gasteiger charge is 2.32. The zero-order valence-corrected chi connectivity index (χ0v) is 12.8. The van der Waals surface area contributed by atoms with Gasteiger partial charge in [0.25, 0.3) is 0 Å². The lowest BCUT2D eigenvalue weighted by Crippen LogP contribution is -2.39. The molecule has 0 heterocycles. The smallest absolute Gasteiger partial charge is 0.137 e. The molecule has 2 rings (SSSR count). The maximum atomic E-state index is 13.4. The number of hydrogen-bond donors (Lipinski definition) is 1. The molecule has 1 fully saturated rings. The third kappa shape index (κ3) is 3.92. The summed E-state index contributed by atoms with van der Waals surface area (Å²) in [4.78, 5) is 2.24. The summed E-state index contributed by atoms with van der Waals surface area (Å²) in [5, 5.41) is 0. The first kappa shape index (κ1) is 15.9. The van der Waals surface area contributed by atoms with Crippen molar-refractivity contribution in [3.05, 3.63) is 34.1 Å². The second kappa shape index (κ2) is 6.85. The van der Waals surface area contributed by atoms with E-state index in [2.05, 4.69) is 27.9 Å². The van der Waals surface area contributed by atoms with Crippen LogP contribution in [0.2, 0.25) is 0 Å². The normalized spacial score (nSPS) is 16.5. The van der Waals surface area contributed by atoms with Gasteiger partial charge in [-0.2, -0.15) is 0 Å². The van der Waals surface area contributed by atoms with Crippen molar-refractivity contribution >= 4 is 28.3 Å². The molecule has 0 spiro atoms. The summed E-state index contributed by atoms with van der Waals surface area (Å²) in [5.41, 5.74) is 6.79. The number of rotatable bonds is 5. The number of hydrogen-bond acceptors (Lipinski definition) is 2. The van der Waals surface area contributed by atoms with Crippen LogP contribution in [-0.2, 0) is 6.54 Å². The molecule has 0 aliphatic heterocycles. The number of benzene rings is 1. The number of nitrogens with two attached hydrogens (primary N) is 1. The first-order chi connectivity index (χ1) is 8.11. The summed E-state index contributed by atoms with van der Waals surface area (Å²) < 4.78 is 13.9. The Labute approximate surface area is 122 Å². The van der Waals surface area contributed by atoms with Crippen LogP contribution < -0.4 is 5.73 Å². The molecule has 2 N–H and O–H groups in total. The van der Waals surface area contributed by atoms with E-state index in [1.807, 2.05) is 6.07 Å². The van der Waals surface area contributed by atoms with E-state index in [0.29, 0.717) is 17.1 Å². The van der Waals surface area contributed by atoms with Crippen molar-refractivity contribution in [1.82, 2.24) is 4.90 Å². The molecule has 1 aliphatic rings. The zero-order valence-electron chi connectivity index (χ0n) is 10.4. The highest BCUT2D eigenvalue weighted by atomic mass is 79.9.